The maximum Gasteiger partial charge on any atom is 0.288 e. The van der Waals surface area contributed by atoms with Gasteiger partial charge in [0.05, 0.1) is 10.2 Å². The third kappa shape index (κ3) is 4.39. The van der Waals surface area contributed by atoms with Crippen LogP contribution in [0.3, 0.4) is 0 Å². The average Bonchev–Trinajstić information content (AvgIpc) is 2.97. The number of fused-ring (bicyclic) bond motifs is 1. The number of amides is 1. The van der Waals surface area contributed by atoms with Gasteiger partial charge in [0.1, 0.15) is 5.01 Å². The van der Waals surface area contributed by atoms with Crippen LogP contribution in [0.5, 0.6) is 0 Å². The highest BCUT2D eigenvalue weighted by Gasteiger charge is 2.05. The molecule has 0 aliphatic heterocycles. The summed E-state index contributed by atoms with van der Waals surface area (Å²) in [5.74, 6) is -2.76. The molecule has 0 spiro atoms. The van der Waals surface area contributed by atoms with Crippen molar-refractivity contribution in [3.8, 4) is 0 Å². The summed E-state index contributed by atoms with van der Waals surface area (Å²) in [4.78, 5) is 16.8. The first-order valence-electron chi connectivity index (χ1n) is 7.00. The molecule has 0 radical (unpaired) electrons. The molecule has 0 fully saturated rings. The summed E-state index contributed by atoms with van der Waals surface area (Å²) < 4.78 is 25.6. The van der Waals surface area contributed by atoms with Crippen molar-refractivity contribution in [2.24, 2.45) is 0 Å². The topological polar surface area (TPSA) is 42.0 Å². The van der Waals surface area contributed by atoms with Crippen LogP contribution in [0.4, 0.5) is 14.5 Å². The number of hydrogen-bond donors (Lipinski definition) is 1. The second-order valence-corrected chi connectivity index (χ2v) is 6.87. The van der Waals surface area contributed by atoms with Crippen LogP contribution in [0.25, 0.3) is 16.3 Å². The standard InChI is InChI=1S/C17H12F2N2OS2/c18-17(19)23-12-7-5-11(6-8-12)20-15(22)9-10-16-21-13-3-1-2-4-14(13)24-16/h1-10,17H,(H,20,22)/b10-9+. The van der Waals surface area contributed by atoms with Gasteiger partial charge in [-0.25, -0.2) is 4.98 Å². The zero-order valence-corrected chi connectivity index (χ0v) is 13.9. The van der Waals surface area contributed by atoms with Gasteiger partial charge in [0.2, 0.25) is 5.91 Å². The van der Waals surface area contributed by atoms with E-state index in [1.807, 2.05) is 24.3 Å². The monoisotopic (exact) mass is 362 g/mol. The number of carbonyl (C=O) groups is 1. The predicted molar refractivity (Wildman–Crippen MR) is 95.6 cm³/mol. The molecule has 3 rings (SSSR count). The van der Waals surface area contributed by atoms with E-state index in [4.69, 9.17) is 0 Å². The molecule has 1 amide bonds. The van der Waals surface area contributed by atoms with Crippen molar-refractivity contribution < 1.29 is 13.6 Å². The van der Waals surface area contributed by atoms with Crippen LogP contribution in [0.1, 0.15) is 5.01 Å². The number of aromatic nitrogens is 1. The van der Waals surface area contributed by atoms with Gasteiger partial charge in [-0.15, -0.1) is 11.3 Å². The molecule has 0 bridgehead atoms. The molecule has 0 aliphatic carbocycles. The minimum atomic E-state index is -2.46. The molecule has 1 heterocycles. The number of thioether (sulfide) groups is 1. The lowest BCUT2D eigenvalue weighted by atomic mass is 10.3. The molecule has 1 N–H and O–H groups in total. The van der Waals surface area contributed by atoms with Crippen LogP contribution < -0.4 is 5.32 Å². The maximum absolute atomic E-state index is 12.2. The van der Waals surface area contributed by atoms with Gasteiger partial charge in [-0.1, -0.05) is 23.9 Å². The molecule has 0 atom stereocenters. The number of alkyl halides is 2. The minimum Gasteiger partial charge on any atom is -0.323 e. The summed E-state index contributed by atoms with van der Waals surface area (Å²) in [6, 6.07) is 14.0. The zero-order chi connectivity index (χ0) is 16.9. The maximum atomic E-state index is 12.2. The zero-order valence-electron chi connectivity index (χ0n) is 12.3. The highest BCUT2D eigenvalue weighted by molar-refractivity contribution is 7.99. The Morgan fingerprint density at radius 3 is 2.62 bits per heavy atom. The quantitative estimate of drug-likeness (QED) is 0.497. The van der Waals surface area contributed by atoms with Gasteiger partial charge < -0.3 is 5.32 Å². The Hall–Kier alpha value is -2.25. The highest BCUT2D eigenvalue weighted by Crippen LogP contribution is 2.26. The summed E-state index contributed by atoms with van der Waals surface area (Å²) >= 11 is 1.97. The van der Waals surface area contributed by atoms with Crippen LogP contribution in [-0.2, 0) is 4.79 Å². The number of para-hydroxylation sites is 1. The lowest BCUT2D eigenvalue weighted by Crippen LogP contribution is -2.07. The summed E-state index contributed by atoms with van der Waals surface area (Å²) in [5, 5.41) is 3.43. The first-order valence-corrected chi connectivity index (χ1v) is 8.69. The van der Waals surface area contributed by atoms with E-state index in [9.17, 15) is 13.6 Å². The molecule has 24 heavy (non-hydrogen) atoms. The summed E-state index contributed by atoms with van der Waals surface area (Å²) in [5.41, 5.74) is 1.45. The summed E-state index contributed by atoms with van der Waals surface area (Å²) in [7, 11) is 0. The van der Waals surface area contributed by atoms with Crippen molar-refractivity contribution in [2.45, 2.75) is 10.7 Å². The van der Waals surface area contributed by atoms with Gasteiger partial charge in [0.15, 0.2) is 0 Å². The predicted octanol–water partition coefficient (Wildman–Crippen LogP) is 5.26. The lowest BCUT2D eigenvalue weighted by molar-refractivity contribution is -0.111. The van der Waals surface area contributed by atoms with Crippen molar-refractivity contribution in [1.82, 2.24) is 4.98 Å². The fourth-order valence-electron chi connectivity index (χ4n) is 2.01. The Kier molecular flexibility index (Phi) is 5.22. The van der Waals surface area contributed by atoms with E-state index in [2.05, 4.69) is 10.3 Å². The molecule has 0 saturated carbocycles. The number of benzene rings is 2. The molecule has 2 aromatic carbocycles. The summed E-state index contributed by atoms with van der Waals surface area (Å²) in [6.45, 7) is 0. The Balaban J connectivity index is 1.62. The molecular formula is C17H12F2N2OS2. The number of anilines is 1. The van der Waals surface area contributed by atoms with Gasteiger partial charge in [0, 0.05) is 16.7 Å². The Bertz CT molecular complexity index is 843. The van der Waals surface area contributed by atoms with Crippen molar-refractivity contribution in [3.05, 3.63) is 59.6 Å². The molecule has 0 saturated heterocycles. The van der Waals surface area contributed by atoms with E-state index in [1.165, 1.54) is 17.4 Å². The Morgan fingerprint density at radius 2 is 1.92 bits per heavy atom. The summed E-state index contributed by atoms with van der Waals surface area (Å²) in [6.07, 6.45) is 3.06. The normalized spacial score (nSPS) is 11.5. The van der Waals surface area contributed by atoms with Crippen molar-refractivity contribution >= 4 is 51.0 Å². The molecule has 3 aromatic rings. The number of thiazole rings is 1. The van der Waals surface area contributed by atoms with Gasteiger partial charge in [0.25, 0.3) is 5.76 Å². The second-order valence-electron chi connectivity index (χ2n) is 4.75. The Labute approximate surface area is 145 Å². The molecule has 7 heteroatoms. The number of hydrogen-bond acceptors (Lipinski definition) is 4. The van der Waals surface area contributed by atoms with Crippen LogP contribution in [0.15, 0.2) is 59.5 Å². The van der Waals surface area contributed by atoms with E-state index >= 15 is 0 Å². The average molecular weight is 362 g/mol. The van der Waals surface area contributed by atoms with E-state index < -0.39 is 5.76 Å². The largest absolute Gasteiger partial charge is 0.323 e. The Morgan fingerprint density at radius 1 is 1.17 bits per heavy atom. The fourth-order valence-corrected chi connectivity index (χ4v) is 3.38. The van der Waals surface area contributed by atoms with Crippen molar-refractivity contribution in [2.75, 3.05) is 5.32 Å². The van der Waals surface area contributed by atoms with E-state index in [-0.39, 0.29) is 5.91 Å². The lowest BCUT2D eigenvalue weighted by Gasteiger charge is -2.04. The minimum absolute atomic E-state index is 0.302. The SMILES string of the molecule is O=C(/C=C/c1nc2ccccc2s1)Nc1ccc(SC(F)F)cc1. The third-order valence-electron chi connectivity index (χ3n) is 3.03. The first-order chi connectivity index (χ1) is 11.6. The first kappa shape index (κ1) is 16.6. The number of nitrogens with one attached hydrogen (secondary N) is 1. The molecule has 0 aliphatic rings. The van der Waals surface area contributed by atoms with E-state index in [0.717, 1.165) is 15.2 Å². The molecule has 122 valence electrons. The molecular weight excluding hydrogens is 350 g/mol. The number of nitrogens with zero attached hydrogens (tertiary/aromatic N) is 1. The van der Waals surface area contributed by atoms with Gasteiger partial charge >= 0.3 is 0 Å². The number of halogens is 2. The van der Waals surface area contributed by atoms with Crippen LogP contribution in [0.2, 0.25) is 0 Å². The fraction of sp³-hybridized carbons (Fsp3) is 0.0588. The number of carbonyl (C=O) groups excluding carboxylic acids is 1. The smallest absolute Gasteiger partial charge is 0.288 e. The highest BCUT2D eigenvalue weighted by atomic mass is 32.2. The van der Waals surface area contributed by atoms with Crippen molar-refractivity contribution in [3.63, 3.8) is 0 Å². The van der Waals surface area contributed by atoms with Crippen LogP contribution >= 0.6 is 23.1 Å². The third-order valence-corrected chi connectivity index (χ3v) is 4.76. The van der Waals surface area contributed by atoms with E-state index in [0.29, 0.717) is 22.3 Å². The number of rotatable bonds is 5. The van der Waals surface area contributed by atoms with Crippen molar-refractivity contribution in [1.29, 1.82) is 0 Å². The van der Waals surface area contributed by atoms with E-state index in [1.54, 1.807) is 30.3 Å². The van der Waals surface area contributed by atoms with Gasteiger partial charge in [-0.05, 0) is 42.5 Å². The molecule has 0 unspecified atom stereocenters. The van der Waals surface area contributed by atoms with Crippen LogP contribution in [-0.4, -0.2) is 16.6 Å². The molecule has 3 nitrogen and oxygen atoms in total. The van der Waals surface area contributed by atoms with Gasteiger partial charge in [-0.2, -0.15) is 8.78 Å². The second kappa shape index (κ2) is 7.55. The van der Waals surface area contributed by atoms with Gasteiger partial charge in [-0.3, -0.25) is 4.79 Å². The van der Waals surface area contributed by atoms with Crippen LogP contribution in [0, 0.1) is 0 Å². The molecule has 1 aromatic heterocycles.